The van der Waals surface area contributed by atoms with Gasteiger partial charge in [-0.2, -0.15) is 0 Å². The number of ether oxygens (including phenoxy) is 2. The number of alkyl carbamates (subject to hydrolysis) is 1. The van der Waals surface area contributed by atoms with Crippen molar-refractivity contribution in [1.82, 2.24) is 5.32 Å². The van der Waals surface area contributed by atoms with Crippen molar-refractivity contribution in [2.24, 2.45) is 0 Å². The largest absolute Gasteiger partial charge is 0.453 e. The first-order valence-corrected chi connectivity index (χ1v) is 10.8. The lowest BCUT2D eigenvalue weighted by Gasteiger charge is -2.36. The molecule has 4 rings (SSSR count). The molecule has 158 valence electrons. The van der Waals surface area contributed by atoms with Gasteiger partial charge >= 0.3 is 12.2 Å². The van der Waals surface area contributed by atoms with E-state index in [-0.39, 0.29) is 36.5 Å². The van der Waals surface area contributed by atoms with Crippen molar-refractivity contribution in [2.75, 3.05) is 41.5 Å². The Morgan fingerprint density at radius 2 is 1.90 bits per heavy atom. The van der Waals surface area contributed by atoms with Crippen molar-refractivity contribution < 1.29 is 32.1 Å². The number of nitrogens with one attached hydrogen (secondary N) is 1. The Hall–Kier alpha value is -2.43. The number of carbonyl (C=O) groups excluding carboxylic acids is 2. The third-order valence-corrected chi connectivity index (χ3v) is 6.99. The lowest BCUT2D eigenvalue weighted by atomic mass is 10.2. The highest BCUT2D eigenvalue weighted by Crippen LogP contribution is 2.39. The summed E-state index contributed by atoms with van der Waals surface area (Å²) < 4.78 is 51.3. The highest BCUT2D eigenvalue weighted by atomic mass is 32.2. The molecule has 8 nitrogen and oxygen atoms in total. The quantitative estimate of drug-likeness (QED) is 0.785. The zero-order valence-electron chi connectivity index (χ0n) is 15.7. The normalized spacial score (nSPS) is 28.4. The molecule has 2 amide bonds. The summed E-state index contributed by atoms with van der Waals surface area (Å²) in [4.78, 5) is 26.1. The smallest absolute Gasteiger partial charge is 0.414 e. The second kappa shape index (κ2) is 7.77. The van der Waals surface area contributed by atoms with Crippen LogP contribution in [0.4, 0.5) is 29.7 Å². The lowest BCUT2D eigenvalue weighted by Crippen LogP contribution is -2.48. The number of carbonyl (C=O) groups is 2. The molecule has 3 saturated heterocycles. The van der Waals surface area contributed by atoms with Crippen molar-refractivity contribution in [3.8, 4) is 0 Å². The van der Waals surface area contributed by atoms with Crippen LogP contribution in [0.2, 0.25) is 0 Å². The second-order valence-electron chi connectivity index (χ2n) is 7.31. The third-order valence-electron chi connectivity index (χ3n) is 5.48. The summed E-state index contributed by atoms with van der Waals surface area (Å²) in [5, 5.41) is 2.42. The average Bonchev–Trinajstić information content (AvgIpc) is 3.16. The molecule has 3 aliphatic heterocycles. The van der Waals surface area contributed by atoms with E-state index in [1.54, 1.807) is 4.90 Å². The highest BCUT2D eigenvalue weighted by molar-refractivity contribution is 7.85. The minimum Gasteiger partial charge on any atom is -0.453 e. The van der Waals surface area contributed by atoms with Crippen molar-refractivity contribution in [2.45, 2.75) is 31.0 Å². The predicted octanol–water partition coefficient (Wildman–Crippen LogP) is 1.75. The number of fused-ring (bicyclic) bond motifs is 2. The van der Waals surface area contributed by atoms with Crippen LogP contribution in [0.25, 0.3) is 0 Å². The summed E-state index contributed by atoms with van der Waals surface area (Å²) >= 11 is 0. The number of halogens is 2. The number of hydrogen-bond donors (Lipinski definition) is 1. The zero-order valence-corrected chi connectivity index (χ0v) is 16.5. The van der Waals surface area contributed by atoms with Crippen LogP contribution < -0.4 is 15.1 Å². The van der Waals surface area contributed by atoms with Gasteiger partial charge in [0.1, 0.15) is 11.8 Å². The molecule has 0 radical (unpaired) electrons. The Kier molecular flexibility index (Phi) is 5.32. The Balaban J connectivity index is 1.53. The zero-order chi connectivity index (χ0) is 20.7. The van der Waals surface area contributed by atoms with Crippen LogP contribution in [-0.4, -0.2) is 66.3 Å². The molecule has 3 fully saturated rings. The van der Waals surface area contributed by atoms with Crippen molar-refractivity contribution in [3.05, 3.63) is 23.8 Å². The van der Waals surface area contributed by atoms with Crippen molar-refractivity contribution in [3.63, 3.8) is 0 Å². The first kappa shape index (κ1) is 19.9. The molecule has 1 N–H and O–H groups in total. The lowest BCUT2D eigenvalue weighted by molar-refractivity contribution is 0.132. The van der Waals surface area contributed by atoms with E-state index in [1.165, 1.54) is 7.11 Å². The molecule has 3 aliphatic rings. The molecule has 0 spiro atoms. The maximum atomic E-state index is 14.9. The molecule has 2 bridgehead atoms. The van der Waals surface area contributed by atoms with Gasteiger partial charge in [-0.25, -0.2) is 18.4 Å². The van der Waals surface area contributed by atoms with Gasteiger partial charge in [-0.15, -0.1) is 0 Å². The molecule has 29 heavy (non-hydrogen) atoms. The summed E-state index contributed by atoms with van der Waals surface area (Å²) in [7, 11) is 0.248. The van der Waals surface area contributed by atoms with E-state index in [1.807, 2.05) is 0 Å². The fraction of sp³-hybridized carbons (Fsp3) is 0.556. The van der Waals surface area contributed by atoms with Gasteiger partial charge in [-0.1, -0.05) is 0 Å². The van der Waals surface area contributed by atoms with E-state index in [0.29, 0.717) is 11.5 Å². The monoisotopic (exact) mass is 429 g/mol. The van der Waals surface area contributed by atoms with Crippen LogP contribution in [0, 0.1) is 11.6 Å². The first-order valence-electron chi connectivity index (χ1n) is 9.29. The number of cyclic esters (lactones) is 1. The molecule has 4 atom stereocenters. The maximum Gasteiger partial charge on any atom is 0.414 e. The summed E-state index contributed by atoms with van der Waals surface area (Å²) in [5.74, 6) is -0.725. The van der Waals surface area contributed by atoms with Crippen LogP contribution in [-0.2, 0) is 20.3 Å². The summed E-state index contributed by atoms with van der Waals surface area (Å²) in [6.07, 6.45) is -0.575. The second-order valence-corrected chi connectivity index (χ2v) is 8.86. The summed E-state index contributed by atoms with van der Waals surface area (Å²) in [6.45, 7) is 0.0568. The Labute approximate surface area is 168 Å². The van der Waals surface area contributed by atoms with Gasteiger partial charge in [0.25, 0.3) is 0 Å². The Bertz CT molecular complexity index is 831. The molecule has 11 heteroatoms. The van der Waals surface area contributed by atoms with E-state index in [9.17, 15) is 22.6 Å². The van der Waals surface area contributed by atoms with Crippen molar-refractivity contribution in [1.29, 1.82) is 0 Å². The van der Waals surface area contributed by atoms with Crippen molar-refractivity contribution >= 4 is 34.4 Å². The topological polar surface area (TPSA) is 88.2 Å². The first-order chi connectivity index (χ1) is 13.9. The molecule has 0 aliphatic carbocycles. The number of nitrogens with zero attached hydrogens (tertiary/aromatic N) is 2. The number of hydrogen-bond acceptors (Lipinski definition) is 6. The summed E-state index contributed by atoms with van der Waals surface area (Å²) in [6, 6.07) is 1.94. The molecular weight excluding hydrogens is 408 g/mol. The van der Waals surface area contributed by atoms with Crippen LogP contribution in [0.15, 0.2) is 12.1 Å². The Morgan fingerprint density at radius 3 is 2.48 bits per heavy atom. The SMILES string of the molecule is COC(=O)NC[C@H]1CN(c2cc(F)c(N3[C@@H]4CC[C@H]3CS(=O)C4)c(F)c2)C(=O)O1. The third kappa shape index (κ3) is 3.75. The minimum atomic E-state index is -0.962. The maximum absolute atomic E-state index is 14.9. The predicted molar refractivity (Wildman–Crippen MR) is 102 cm³/mol. The average molecular weight is 429 g/mol. The molecule has 1 aromatic rings. The minimum absolute atomic E-state index is 0.0201. The van der Waals surface area contributed by atoms with E-state index in [0.717, 1.165) is 29.9 Å². The molecule has 3 heterocycles. The van der Waals surface area contributed by atoms with Gasteiger partial charge in [0.15, 0.2) is 11.6 Å². The number of methoxy groups -OCH3 is 1. The van der Waals surface area contributed by atoms with Gasteiger partial charge in [-0.3, -0.25) is 9.11 Å². The van der Waals surface area contributed by atoms with E-state index < -0.39 is 40.7 Å². The van der Waals surface area contributed by atoms with Crippen LogP contribution in [0.5, 0.6) is 0 Å². The molecule has 0 saturated carbocycles. The standard InChI is InChI=1S/C18H21F2N3O5S/c1-27-17(24)21-6-13-7-22(18(25)28-13)12-4-14(19)16(15(20)5-12)23-10-2-3-11(23)9-29(26)8-10/h4-5,10-11,13H,2-3,6-9H2,1H3,(H,21,24)/t10-,11+,13-,29?/m0/s1. The number of rotatable bonds is 4. The molecule has 1 unspecified atom stereocenters. The summed E-state index contributed by atoms with van der Waals surface area (Å²) in [5.41, 5.74) is -0.0864. The van der Waals surface area contributed by atoms with Crippen LogP contribution >= 0.6 is 0 Å². The van der Waals surface area contributed by atoms with Crippen LogP contribution in [0.1, 0.15) is 12.8 Å². The van der Waals surface area contributed by atoms with E-state index in [4.69, 9.17) is 4.74 Å². The Morgan fingerprint density at radius 1 is 1.28 bits per heavy atom. The molecule has 1 aromatic carbocycles. The van der Waals surface area contributed by atoms with Gasteiger partial charge in [0, 0.05) is 46.5 Å². The van der Waals surface area contributed by atoms with Gasteiger partial charge in [-0.05, 0) is 12.8 Å². The number of anilines is 2. The number of benzene rings is 1. The van der Waals surface area contributed by atoms with Gasteiger partial charge < -0.3 is 19.7 Å². The fourth-order valence-corrected chi connectivity index (χ4v) is 5.86. The van der Waals surface area contributed by atoms with E-state index >= 15 is 0 Å². The molecular formula is C18H21F2N3O5S. The van der Waals surface area contributed by atoms with Crippen LogP contribution in [0.3, 0.4) is 0 Å². The highest BCUT2D eigenvalue weighted by Gasteiger charge is 2.42. The van der Waals surface area contributed by atoms with E-state index in [2.05, 4.69) is 10.1 Å². The molecule has 0 aromatic heterocycles. The fourth-order valence-electron chi connectivity index (χ4n) is 4.21. The van der Waals surface area contributed by atoms with Gasteiger partial charge in [0.05, 0.1) is 25.9 Å². The number of amides is 2. The van der Waals surface area contributed by atoms with Gasteiger partial charge in [0.2, 0.25) is 0 Å².